The molecule has 0 radical (unpaired) electrons. The topological polar surface area (TPSA) is 46.8 Å². The Morgan fingerprint density at radius 1 is 1.06 bits per heavy atom. The van der Waals surface area contributed by atoms with Crippen molar-refractivity contribution < 1.29 is 9.53 Å². The summed E-state index contributed by atoms with van der Waals surface area (Å²) in [4.78, 5) is 13.7. The van der Waals surface area contributed by atoms with E-state index in [1.165, 1.54) is 12.5 Å². The van der Waals surface area contributed by atoms with Crippen molar-refractivity contribution in [3.63, 3.8) is 0 Å². The molecular weight excluding hydrogens is 434 g/mol. The molecule has 6 rings (SSSR count). The van der Waals surface area contributed by atoms with E-state index in [2.05, 4.69) is 23.6 Å². The molecule has 33 heavy (non-hydrogen) atoms. The van der Waals surface area contributed by atoms with Gasteiger partial charge in [0.25, 0.3) is 0 Å². The summed E-state index contributed by atoms with van der Waals surface area (Å²) >= 11 is 6.41. The Bertz CT molecular complexity index is 1440. The van der Waals surface area contributed by atoms with E-state index in [0.717, 1.165) is 33.7 Å². The van der Waals surface area contributed by atoms with Gasteiger partial charge in [-0.05, 0) is 48.4 Å². The smallest absolute Gasteiger partial charge is 0.322 e. The minimum absolute atomic E-state index is 0.295. The summed E-state index contributed by atoms with van der Waals surface area (Å²) in [7, 11) is 1.45. The van der Waals surface area contributed by atoms with Gasteiger partial charge in [0.05, 0.1) is 18.5 Å². The van der Waals surface area contributed by atoms with Crippen LogP contribution in [-0.4, -0.2) is 23.4 Å². The molecule has 164 valence electrons. The van der Waals surface area contributed by atoms with E-state index in [1.54, 1.807) is 0 Å². The summed E-state index contributed by atoms with van der Waals surface area (Å²) in [6.45, 7) is 2.55. The third-order valence-electron chi connectivity index (χ3n) is 6.93. The third kappa shape index (κ3) is 2.66. The molecule has 3 aromatic carbocycles. The van der Waals surface area contributed by atoms with Crippen LogP contribution < -0.4 is 5.01 Å². The molecule has 0 fully saturated rings. The van der Waals surface area contributed by atoms with Gasteiger partial charge in [-0.15, -0.1) is 0 Å². The molecule has 2 aliphatic heterocycles. The number of aryl methyl sites for hydroxylation is 1. The zero-order valence-electron chi connectivity index (χ0n) is 18.3. The number of hydrazone groups is 1. The lowest BCUT2D eigenvalue weighted by molar-refractivity contribution is -0.149. The number of para-hydroxylation sites is 2. The minimum atomic E-state index is -1.00. The fourth-order valence-electron chi connectivity index (χ4n) is 5.55. The first kappa shape index (κ1) is 20.1. The SMILES string of the molecule is COC(=O)[C@@]12Cn3c(c(C)c4ccccc43)C1=NN(c1ccccc1)[C@@H]2c1cccc(Cl)c1. The lowest BCUT2D eigenvalue weighted by atomic mass is 9.74. The maximum absolute atomic E-state index is 13.7. The van der Waals surface area contributed by atoms with Crippen molar-refractivity contribution in [1.82, 2.24) is 4.57 Å². The highest BCUT2D eigenvalue weighted by Crippen LogP contribution is 2.55. The van der Waals surface area contributed by atoms with E-state index in [0.29, 0.717) is 11.6 Å². The van der Waals surface area contributed by atoms with Crippen LogP contribution in [0, 0.1) is 12.3 Å². The van der Waals surface area contributed by atoms with Gasteiger partial charge < -0.3 is 9.30 Å². The normalized spacial score (nSPS) is 21.1. The van der Waals surface area contributed by atoms with Crippen LogP contribution in [0.2, 0.25) is 5.02 Å². The first-order valence-corrected chi connectivity index (χ1v) is 11.3. The van der Waals surface area contributed by atoms with Crippen LogP contribution in [0.25, 0.3) is 10.9 Å². The predicted octanol–water partition coefficient (Wildman–Crippen LogP) is 5.74. The molecular formula is C27H22ClN3O2. The fraction of sp³-hybridized carbons (Fsp3) is 0.185. The lowest BCUT2D eigenvalue weighted by Gasteiger charge is -2.34. The Balaban J connectivity index is 1.67. The zero-order valence-corrected chi connectivity index (χ0v) is 19.1. The van der Waals surface area contributed by atoms with Crippen LogP contribution in [0.4, 0.5) is 5.69 Å². The number of methoxy groups -OCH3 is 1. The molecule has 0 saturated carbocycles. The van der Waals surface area contributed by atoms with Crippen LogP contribution in [0.5, 0.6) is 0 Å². The molecule has 0 N–H and O–H groups in total. The van der Waals surface area contributed by atoms with Gasteiger partial charge in [-0.3, -0.25) is 9.80 Å². The highest BCUT2D eigenvalue weighted by Gasteiger charge is 2.63. The molecule has 2 atom stereocenters. The molecule has 0 amide bonds. The maximum atomic E-state index is 13.7. The van der Waals surface area contributed by atoms with Gasteiger partial charge in [-0.2, -0.15) is 5.10 Å². The van der Waals surface area contributed by atoms with Crippen LogP contribution in [0.1, 0.15) is 22.9 Å². The van der Waals surface area contributed by atoms with E-state index in [1.807, 2.05) is 71.7 Å². The van der Waals surface area contributed by atoms with Gasteiger partial charge in [-0.1, -0.05) is 60.1 Å². The standard InChI is InChI=1S/C27H22ClN3O2/c1-17-21-13-6-7-14-22(21)30-16-27(26(32)33-2)24(23(17)30)29-31(20-11-4-3-5-12-20)25(27)18-9-8-10-19(28)15-18/h3-15,25H,16H2,1-2H3/t25-,27+/m1/s1. The molecule has 0 bridgehead atoms. The van der Waals surface area contributed by atoms with Crippen LogP contribution in [-0.2, 0) is 16.1 Å². The van der Waals surface area contributed by atoms with Crippen LogP contribution in [0.15, 0.2) is 84.0 Å². The molecule has 6 heteroatoms. The number of fused-ring (bicyclic) bond motifs is 5. The number of carbonyl (C=O) groups excluding carboxylic acids is 1. The van der Waals surface area contributed by atoms with Crippen molar-refractivity contribution in [2.75, 3.05) is 12.1 Å². The van der Waals surface area contributed by atoms with Gasteiger partial charge in [0.1, 0.15) is 11.8 Å². The lowest BCUT2D eigenvalue weighted by Crippen LogP contribution is -2.44. The van der Waals surface area contributed by atoms with Crippen molar-refractivity contribution in [2.45, 2.75) is 19.5 Å². The number of hydrogen-bond acceptors (Lipinski definition) is 4. The van der Waals surface area contributed by atoms with Gasteiger partial charge >= 0.3 is 5.97 Å². The van der Waals surface area contributed by atoms with Crippen molar-refractivity contribution >= 4 is 39.9 Å². The molecule has 5 nitrogen and oxygen atoms in total. The summed E-state index contributed by atoms with van der Waals surface area (Å²) < 4.78 is 7.69. The third-order valence-corrected chi connectivity index (χ3v) is 7.17. The largest absolute Gasteiger partial charge is 0.468 e. The van der Waals surface area contributed by atoms with E-state index in [9.17, 15) is 4.79 Å². The highest BCUT2D eigenvalue weighted by molar-refractivity contribution is 6.30. The molecule has 0 aliphatic carbocycles. The number of aromatic nitrogens is 1. The Kier molecular flexibility index (Phi) is 4.39. The zero-order chi connectivity index (χ0) is 22.7. The molecule has 2 aliphatic rings. The number of ether oxygens (including phenoxy) is 1. The van der Waals surface area contributed by atoms with Crippen LogP contribution >= 0.6 is 11.6 Å². The summed E-state index contributed by atoms with van der Waals surface area (Å²) in [5.41, 5.74) is 4.79. The fourth-order valence-corrected chi connectivity index (χ4v) is 5.75. The van der Waals surface area contributed by atoms with Gasteiger partial charge in [0.2, 0.25) is 0 Å². The van der Waals surface area contributed by atoms with E-state index < -0.39 is 11.5 Å². The summed E-state index contributed by atoms with van der Waals surface area (Å²) in [5, 5.41) is 8.88. The Morgan fingerprint density at radius 2 is 1.82 bits per heavy atom. The second-order valence-electron chi connectivity index (χ2n) is 8.63. The Morgan fingerprint density at radius 3 is 2.58 bits per heavy atom. The van der Waals surface area contributed by atoms with Gasteiger partial charge in [0.15, 0.2) is 5.41 Å². The summed E-state index contributed by atoms with van der Waals surface area (Å²) in [5.74, 6) is -0.295. The molecule has 1 aromatic heterocycles. The molecule has 0 saturated heterocycles. The van der Waals surface area contributed by atoms with E-state index in [-0.39, 0.29) is 5.97 Å². The summed E-state index contributed by atoms with van der Waals surface area (Å²) in [6.07, 6.45) is 0. The first-order valence-electron chi connectivity index (χ1n) is 10.9. The minimum Gasteiger partial charge on any atom is -0.468 e. The van der Waals surface area contributed by atoms with Gasteiger partial charge in [0, 0.05) is 22.5 Å². The van der Waals surface area contributed by atoms with Crippen molar-refractivity contribution in [1.29, 1.82) is 0 Å². The second kappa shape index (κ2) is 7.22. The first-order chi connectivity index (χ1) is 16.1. The maximum Gasteiger partial charge on any atom is 0.322 e. The molecule has 3 heterocycles. The highest BCUT2D eigenvalue weighted by atomic mass is 35.5. The number of benzene rings is 3. The number of carbonyl (C=O) groups is 1. The number of hydrogen-bond donors (Lipinski definition) is 0. The van der Waals surface area contributed by atoms with E-state index in [4.69, 9.17) is 21.4 Å². The quantitative estimate of drug-likeness (QED) is 0.370. The van der Waals surface area contributed by atoms with Gasteiger partial charge in [-0.25, -0.2) is 0 Å². The van der Waals surface area contributed by atoms with Crippen molar-refractivity contribution in [3.8, 4) is 0 Å². The number of anilines is 1. The second-order valence-corrected chi connectivity index (χ2v) is 9.06. The van der Waals surface area contributed by atoms with Crippen molar-refractivity contribution in [3.05, 3.63) is 101 Å². The average molecular weight is 456 g/mol. The number of nitrogens with zero attached hydrogens (tertiary/aromatic N) is 3. The number of esters is 1. The Labute approximate surface area is 196 Å². The summed E-state index contributed by atoms with van der Waals surface area (Å²) in [6, 6.07) is 25.5. The monoisotopic (exact) mass is 455 g/mol. The number of halogens is 1. The van der Waals surface area contributed by atoms with E-state index >= 15 is 0 Å². The van der Waals surface area contributed by atoms with Crippen molar-refractivity contribution in [2.24, 2.45) is 10.5 Å². The molecule has 4 aromatic rings. The number of rotatable bonds is 3. The van der Waals surface area contributed by atoms with Crippen LogP contribution in [0.3, 0.4) is 0 Å². The average Bonchev–Trinajstić information content (AvgIpc) is 3.44. The molecule has 0 spiro atoms. The Hall–Kier alpha value is -3.57. The molecule has 0 unspecified atom stereocenters. The predicted molar refractivity (Wildman–Crippen MR) is 131 cm³/mol.